The number of aromatic nitrogens is 3. The second-order valence-electron chi connectivity index (χ2n) is 8.76. The van der Waals surface area contributed by atoms with Crippen molar-refractivity contribution in [2.45, 2.75) is 26.3 Å². The summed E-state index contributed by atoms with van der Waals surface area (Å²) < 4.78 is 33.4. The summed E-state index contributed by atoms with van der Waals surface area (Å²) in [5.74, 6) is 0.191. The summed E-state index contributed by atoms with van der Waals surface area (Å²) in [5.41, 5.74) is 2.08. The Labute approximate surface area is 210 Å². The first-order valence-corrected chi connectivity index (χ1v) is 13.4. The Morgan fingerprint density at radius 1 is 1.22 bits per heavy atom. The van der Waals surface area contributed by atoms with E-state index < -0.39 is 10.0 Å². The normalized spacial score (nSPS) is 14.6. The first-order valence-electron chi connectivity index (χ1n) is 11.8. The molecular weight excluding hydrogens is 482 g/mol. The highest BCUT2D eigenvalue weighted by Gasteiger charge is 2.24. The highest BCUT2D eigenvalue weighted by molar-refractivity contribution is 7.89. The lowest BCUT2D eigenvalue weighted by Crippen LogP contribution is -2.42. The maximum Gasteiger partial charge on any atom is 0.254 e. The van der Waals surface area contributed by atoms with Gasteiger partial charge >= 0.3 is 0 Å². The summed E-state index contributed by atoms with van der Waals surface area (Å²) in [6.45, 7) is 5.69. The molecule has 0 atom stereocenters. The zero-order valence-corrected chi connectivity index (χ0v) is 21.1. The van der Waals surface area contributed by atoms with E-state index in [1.807, 2.05) is 26.1 Å². The van der Waals surface area contributed by atoms with Crippen molar-refractivity contribution in [2.75, 3.05) is 43.9 Å². The molecule has 3 aromatic heterocycles. The van der Waals surface area contributed by atoms with E-state index in [9.17, 15) is 13.2 Å². The average molecular weight is 512 g/mol. The van der Waals surface area contributed by atoms with Gasteiger partial charge in [0, 0.05) is 55.7 Å². The van der Waals surface area contributed by atoms with E-state index in [0.717, 1.165) is 5.39 Å². The van der Waals surface area contributed by atoms with Crippen LogP contribution in [0.4, 0.5) is 5.69 Å². The summed E-state index contributed by atoms with van der Waals surface area (Å²) in [7, 11) is -3.37. The molecule has 1 amide bonds. The fourth-order valence-electron chi connectivity index (χ4n) is 3.96. The summed E-state index contributed by atoms with van der Waals surface area (Å²) in [6.07, 6.45) is 5.12. The van der Waals surface area contributed by atoms with E-state index >= 15 is 0 Å². The first-order chi connectivity index (χ1) is 17.3. The van der Waals surface area contributed by atoms with Crippen LogP contribution in [0.3, 0.4) is 0 Å². The molecule has 0 spiro atoms. The second kappa shape index (κ2) is 11.0. The van der Waals surface area contributed by atoms with Gasteiger partial charge in [-0.2, -0.15) is 9.57 Å². The van der Waals surface area contributed by atoms with Crippen molar-refractivity contribution in [2.24, 2.45) is 0 Å². The largest absolute Gasteiger partial charge is 0.382 e. The number of morpholine rings is 1. The molecule has 0 aliphatic carbocycles. The van der Waals surface area contributed by atoms with Crippen LogP contribution in [0.15, 0.2) is 36.8 Å². The Balaban J connectivity index is 1.47. The van der Waals surface area contributed by atoms with Crippen LogP contribution in [-0.2, 0) is 14.8 Å². The fraction of sp³-hybridized carbons (Fsp3) is 0.417. The number of amides is 1. The van der Waals surface area contributed by atoms with Gasteiger partial charge in [0.2, 0.25) is 10.0 Å². The molecule has 0 unspecified atom stereocenters. The van der Waals surface area contributed by atoms with Crippen LogP contribution in [0.5, 0.6) is 0 Å². The van der Waals surface area contributed by atoms with Crippen molar-refractivity contribution in [3.05, 3.63) is 47.9 Å². The molecule has 4 rings (SSSR count). The van der Waals surface area contributed by atoms with Crippen molar-refractivity contribution in [1.82, 2.24) is 24.2 Å². The van der Waals surface area contributed by atoms with Gasteiger partial charge in [-0.15, -0.1) is 0 Å². The number of fused-ring (bicyclic) bond motifs is 1. The molecule has 3 aromatic rings. The number of anilines is 1. The highest BCUT2D eigenvalue weighted by Crippen LogP contribution is 2.23. The maximum atomic E-state index is 12.9. The van der Waals surface area contributed by atoms with Gasteiger partial charge in [-0.25, -0.2) is 18.4 Å². The molecule has 190 valence electrons. The summed E-state index contributed by atoms with van der Waals surface area (Å²) in [6, 6.07) is 7.53. The van der Waals surface area contributed by atoms with E-state index in [4.69, 9.17) is 10.00 Å². The molecule has 12 heteroatoms. The van der Waals surface area contributed by atoms with Crippen molar-refractivity contribution < 1.29 is 17.9 Å². The quantitative estimate of drug-likeness (QED) is 0.415. The van der Waals surface area contributed by atoms with Crippen LogP contribution in [0.2, 0.25) is 0 Å². The van der Waals surface area contributed by atoms with Crippen LogP contribution in [-0.4, -0.2) is 77.8 Å². The number of hydrogen-bond donors (Lipinski definition) is 2. The topological polar surface area (TPSA) is 142 Å². The number of carbonyl (C=O) groups excluding carboxylic acids is 1. The maximum absolute atomic E-state index is 12.9. The molecule has 4 heterocycles. The number of hydrogen-bond acceptors (Lipinski definition) is 8. The molecule has 1 saturated heterocycles. The minimum absolute atomic E-state index is 0.0389. The molecule has 0 bridgehead atoms. The van der Waals surface area contributed by atoms with E-state index in [2.05, 4.69) is 26.7 Å². The minimum Gasteiger partial charge on any atom is -0.382 e. The van der Waals surface area contributed by atoms with Gasteiger partial charge in [0.15, 0.2) is 0 Å². The zero-order chi connectivity index (χ0) is 25.7. The molecule has 11 nitrogen and oxygen atoms in total. The molecule has 0 radical (unpaired) electrons. The van der Waals surface area contributed by atoms with Gasteiger partial charge < -0.3 is 15.4 Å². The smallest absolute Gasteiger partial charge is 0.254 e. The lowest BCUT2D eigenvalue weighted by Gasteiger charge is -2.26. The van der Waals surface area contributed by atoms with Gasteiger partial charge in [-0.1, -0.05) is 0 Å². The van der Waals surface area contributed by atoms with E-state index in [-0.39, 0.29) is 24.2 Å². The Morgan fingerprint density at radius 3 is 2.72 bits per heavy atom. The van der Waals surface area contributed by atoms with Gasteiger partial charge in [0.1, 0.15) is 17.5 Å². The monoisotopic (exact) mass is 511 g/mol. The van der Waals surface area contributed by atoms with Crippen molar-refractivity contribution in [3.63, 3.8) is 0 Å². The van der Waals surface area contributed by atoms with E-state index in [0.29, 0.717) is 61.0 Å². The molecule has 1 aliphatic heterocycles. The van der Waals surface area contributed by atoms with Crippen molar-refractivity contribution >= 4 is 32.7 Å². The number of pyridine rings is 2. The molecule has 0 saturated carbocycles. The average Bonchev–Trinajstić information content (AvgIpc) is 3.30. The first kappa shape index (κ1) is 25.6. The highest BCUT2D eigenvalue weighted by atomic mass is 32.2. The van der Waals surface area contributed by atoms with Gasteiger partial charge in [0.05, 0.1) is 35.8 Å². The summed E-state index contributed by atoms with van der Waals surface area (Å²) >= 11 is 0. The third-order valence-corrected chi connectivity index (χ3v) is 7.67. The molecule has 1 aliphatic rings. The molecule has 2 N–H and O–H groups in total. The number of nitrogens with one attached hydrogen (secondary N) is 2. The van der Waals surface area contributed by atoms with E-state index in [1.165, 1.54) is 16.7 Å². The lowest BCUT2D eigenvalue weighted by atomic mass is 10.2. The summed E-state index contributed by atoms with van der Waals surface area (Å²) in [4.78, 5) is 21.8. The standard InChI is InChI=1S/C24H29N7O4S/c1-17(2)29-21-13-22(31-6-4-19-12-18(14-25)15-28-23(19)31)27-16-20(21)24(32)26-5-3-11-36(33,34)30-7-9-35-10-8-30/h4,6,12-13,15-17H,3,5,7-11H2,1-2H3,(H,26,32)(H,27,29). The number of ether oxygens (including phenoxy) is 1. The predicted octanol–water partition coefficient (Wildman–Crippen LogP) is 1.89. The van der Waals surface area contributed by atoms with Crippen LogP contribution in [0.25, 0.3) is 16.9 Å². The Morgan fingerprint density at radius 2 is 2.00 bits per heavy atom. The van der Waals surface area contributed by atoms with Crippen LogP contribution in [0, 0.1) is 11.3 Å². The zero-order valence-electron chi connectivity index (χ0n) is 20.3. The van der Waals surface area contributed by atoms with Crippen molar-refractivity contribution in [3.8, 4) is 11.9 Å². The number of nitriles is 1. The summed E-state index contributed by atoms with van der Waals surface area (Å²) in [5, 5.41) is 16.0. The molecule has 36 heavy (non-hydrogen) atoms. The predicted molar refractivity (Wildman–Crippen MR) is 135 cm³/mol. The van der Waals surface area contributed by atoms with E-state index in [1.54, 1.807) is 16.7 Å². The Hall–Kier alpha value is -3.53. The fourth-order valence-corrected chi connectivity index (χ4v) is 5.44. The molecular formula is C24H29N7O4S. The van der Waals surface area contributed by atoms with Gasteiger partial charge in [-0.3, -0.25) is 9.36 Å². The Bertz CT molecular complexity index is 1390. The number of nitrogens with zero attached hydrogens (tertiary/aromatic N) is 5. The van der Waals surface area contributed by atoms with Crippen LogP contribution in [0.1, 0.15) is 36.2 Å². The SMILES string of the molecule is CC(C)Nc1cc(-n2ccc3cc(C#N)cnc32)ncc1C(=O)NCCCS(=O)(=O)N1CCOCC1. The number of rotatable bonds is 9. The lowest BCUT2D eigenvalue weighted by molar-refractivity contribution is 0.0730. The number of sulfonamides is 1. The minimum atomic E-state index is -3.37. The second-order valence-corrected chi connectivity index (χ2v) is 10.8. The Kier molecular flexibility index (Phi) is 7.83. The number of carbonyl (C=O) groups is 1. The van der Waals surface area contributed by atoms with Gasteiger partial charge in [0.25, 0.3) is 5.91 Å². The third-order valence-electron chi connectivity index (χ3n) is 5.71. The van der Waals surface area contributed by atoms with Crippen LogP contribution < -0.4 is 10.6 Å². The van der Waals surface area contributed by atoms with Crippen LogP contribution >= 0.6 is 0 Å². The molecule has 1 fully saturated rings. The third kappa shape index (κ3) is 5.81. The van der Waals surface area contributed by atoms with Gasteiger partial charge in [-0.05, 0) is 32.4 Å². The molecule has 0 aromatic carbocycles. The van der Waals surface area contributed by atoms with Crippen molar-refractivity contribution in [1.29, 1.82) is 5.26 Å².